The van der Waals surface area contributed by atoms with E-state index in [4.69, 9.17) is 14.8 Å². The topological polar surface area (TPSA) is 96.7 Å². The van der Waals surface area contributed by atoms with Gasteiger partial charge in [0.15, 0.2) is 0 Å². The minimum atomic E-state index is -3.73. The number of aliphatic hydroxyl groups is 1. The highest BCUT2D eigenvalue weighted by molar-refractivity contribution is 7.92. The zero-order chi connectivity index (χ0) is 25.9. The lowest BCUT2D eigenvalue weighted by Crippen LogP contribution is -2.26. The van der Waals surface area contributed by atoms with Crippen LogP contribution in [0, 0.1) is 5.92 Å². The Morgan fingerprint density at radius 1 is 1.14 bits per heavy atom. The highest BCUT2D eigenvalue weighted by Crippen LogP contribution is 2.32. The Balaban J connectivity index is 1.62. The molecule has 1 aliphatic heterocycles. The van der Waals surface area contributed by atoms with E-state index in [1.54, 1.807) is 31.3 Å². The summed E-state index contributed by atoms with van der Waals surface area (Å²) in [7, 11) is -2.15. The fourth-order valence-electron chi connectivity index (χ4n) is 4.65. The molecule has 1 fully saturated rings. The van der Waals surface area contributed by atoms with Crippen LogP contribution in [0.2, 0.25) is 0 Å². The Bertz CT molecular complexity index is 1270. The SMILES string of the molecule is CN(c1ccc2c(c1)nc(C(C)(C)C)n2CC1CCOCC1)S(=O)(=O)c1ccc(CNCCO)cc1. The normalized spacial score (nSPS) is 15.5. The van der Waals surface area contributed by atoms with E-state index in [0.29, 0.717) is 24.7 Å². The summed E-state index contributed by atoms with van der Waals surface area (Å²) in [6.07, 6.45) is 2.08. The van der Waals surface area contributed by atoms with Crippen LogP contribution in [0.25, 0.3) is 11.0 Å². The van der Waals surface area contributed by atoms with E-state index in [9.17, 15) is 8.42 Å². The molecule has 8 nitrogen and oxygen atoms in total. The molecule has 9 heteroatoms. The molecule has 2 aromatic carbocycles. The Morgan fingerprint density at radius 3 is 2.47 bits per heavy atom. The zero-order valence-electron chi connectivity index (χ0n) is 21.7. The van der Waals surface area contributed by atoms with Gasteiger partial charge in [0.2, 0.25) is 0 Å². The molecule has 3 aromatic rings. The van der Waals surface area contributed by atoms with E-state index in [-0.39, 0.29) is 16.9 Å². The quantitative estimate of drug-likeness (QED) is 0.423. The van der Waals surface area contributed by atoms with Crippen molar-refractivity contribution in [3.8, 4) is 0 Å². The monoisotopic (exact) mass is 514 g/mol. The minimum Gasteiger partial charge on any atom is -0.395 e. The lowest BCUT2D eigenvalue weighted by molar-refractivity contribution is 0.0611. The van der Waals surface area contributed by atoms with Crippen molar-refractivity contribution in [1.29, 1.82) is 0 Å². The number of nitrogens with one attached hydrogen (secondary N) is 1. The van der Waals surface area contributed by atoms with E-state index in [1.165, 1.54) is 4.31 Å². The summed E-state index contributed by atoms with van der Waals surface area (Å²) in [4.78, 5) is 5.21. The number of aromatic nitrogens is 2. The maximum absolute atomic E-state index is 13.4. The summed E-state index contributed by atoms with van der Waals surface area (Å²) in [6, 6.07) is 12.6. The van der Waals surface area contributed by atoms with Crippen molar-refractivity contribution in [3.63, 3.8) is 0 Å². The molecule has 0 spiro atoms. The fraction of sp³-hybridized carbons (Fsp3) is 0.519. The minimum absolute atomic E-state index is 0.0621. The molecular formula is C27H38N4O4S. The van der Waals surface area contributed by atoms with Gasteiger partial charge < -0.3 is 19.7 Å². The zero-order valence-corrected chi connectivity index (χ0v) is 22.5. The van der Waals surface area contributed by atoms with E-state index in [0.717, 1.165) is 55.0 Å². The van der Waals surface area contributed by atoms with Gasteiger partial charge in [0, 0.05) is 45.3 Å². The second-order valence-electron chi connectivity index (χ2n) is 10.5. The fourth-order valence-corrected chi connectivity index (χ4v) is 5.83. The number of hydrogen-bond acceptors (Lipinski definition) is 6. The molecule has 1 saturated heterocycles. The second-order valence-corrected chi connectivity index (χ2v) is 12.5. The van der Waals surface area contributed by atoms with Crippen LogP contribution in [0.1, 0.15) is 45.0 Å². The third kappa shape index (κ3) is 5.75. The summed E-state index contributed by atoms with van der Waals surface area (Å²) in [5.41, 5.74) is 3.22. The summed E-state index contributed by atoms with van der Waals surface area (Å²) in [6.45, 7) is 10.1. The summed E-state index contributed by atoms with van der Waals surface area (Å²) < 4.78 is 35.9. The van der Waals surface area contributed by atoms with Crippen LogP contribution in [0.3, 0.4) is 0 Å². The van der Waals surface area contributed by atoms with E-state index >= 15 is 0 Å². The molecule has 2 heterocycles. The molecule has 0 aliphatic carbocycles. The smallest absolute Gasteiger partial charge is 0.264 e. The molecule has 0 saturated carbocycles. The number of imidazole rings is 1. The van der Waals surface area contributed by atoms with Gasteiger partial charge in [-0.1, -0.05) is 32.9 Å². The van der Waals surface area contributed by atoms with Crippen molar-refractivity contribution in [2.75, 3.05) is 37.7 Å². The van der Waals surface area contributed by atoms with Crippen LogP contribution >= 0.6 is 0 Å². The van der Waals surface area contributed by atoms with Gasteiger partial charge in [-0.25, -0.2) is 13.4 Å². The highest BCUT2D eigenvalue weighted by atomic mass is 32.2. The average Bonchev–Trinajstić information content (AvgIpc) is 3.23. The van der Waals surface area contributed by atoms with Gasteiger partial charge in [0.25, 0.3) is 10.0 Å². The van der Waals surface area contributed by atoms with Crippen LogP contribution in [0.5, 0.6) is 0 Å². The molecule has 0 bridgehead atoms. The van der Waals surface area contributed by atoms with Crippen molar-refractivity contribution < 1.29 is 18.3 Å². The van der Waals surface area contributed by atoms with Gasteiger partial charge >= 0.3 is 0 Å². The number of hydrogen-bond donors (Lipinski definition) is 2. The van der Waals surface area contributed by atoms with Crippen molar-refractivity contribution in [2.24, 2.45) is 5.92 Å². The maximum atomic E-state index is 13.4. The van der Waals surface area contributed by atoms with Crippen molar-refractivity contribution in [3.05, 3.63) is 53.9 Å². The van der Waals surface area contributed by atoms with Gasteiger partial charge in [-0.2, -0.15) is 0 Å². The Hall–Kier alpha value is -2.46. The number of nitrogens with zero attached hydrogens (tertiary/aromatic N) is 3. The van der Waals surface area contributed by atoms with Crippen LogP contribution in [0.4, 0.5) is 5.69 Å². The number of fused-ring (bicyclic) bond motifs is 1. The lowest BCUT2D eigenvalue weighted by atomic mass is 9.94. The number of benzene rings is 2. The largest absolute Gasteiger partial charge is 0.395 e. The molecule has 2 N–H and O–H groups in total. The molecule has 1 aliphatic rings. The van der Waals surface area contributed by atoms with E-state index in [2.05, 4.69) is 30.7 Å². The average molecular weight is 515 g/mol. The standard InChI is InChI=1S/C27H38N4O4S/c1-27(2,3)26-29-24-17-22(7-10-25(24)31(26)19-21-11-15-35-16-12-21)30(4)36(33,34)23-8-5-20(6-9-23)18-28-13-14-32/h5-10,17,21,28,32H,11-16,18-19H2,1-4H3. The van der Waals surface area contributed by atoms with Gasteiger partial charge in [-0.3, -0.25) is 4.31 Å². The number of rotatable bonds is 9. The molecule has 36 heavy (non-hydrogen) atoms. The highest BCUT2D eigenvalue weighted by Gasteiger charge is 2.27. The Labute approximate surface area is 214 Å². The number of ether oxygens (including phenoxy) is 1. The van der Waals surface area contributed by atoms with Gasteiger partial charge in [-0.05, 0) is 54.7 Å². The molecule has 0 unspecified atom stereocenters. The van der Waals surface area contributed by atoms with Crippen LogP contribution in [0.15, 0.2) is 47.4 Å². The predicted molar refractivity (Wildman–Crippen MR) is 143 cm³/mol. The summed E-state index contributed by atoms with van der Waals surface area (Å²) >= 11 is 0. The molecule has 1 aromatic heterocycles. The first-order valence-electron chi connectivity index (χ1n) is 12.6. The Morgan fingerprint density at radius 2 is 1.83 bits per heavy atom. The molecule has 0 amide bonds. The number of anilines is 1. The maximum Gasteiger partial charge on any atom is 0.264 e. The molecule has 196 valence electrons. The lowest BCUT2D eigenvalue weighted by Gasteiger charge is -2.26. The van der Waals surface area contributed by atoms with E-state index in [1.807, 2.05) is 18.2 Å². The molecule has 4 rings (SSSR count). The third-order valence-corrected chi connectivity index (χ3v) is 8.55. The third-order valence-electron chi connectivity index (χ3n) is 6.75. The van der Waals surface area contributed by atoms with Crippen molar-refractivity contribution in [1.82, 2.24) is 14.9 Å². The van der Waals surface area contributed by atoms with Crippen molar-refractivity contribution >= 4 is 26.7 Å². The van der Waals surface area contributed by atoms with Crippen LogP contribution < -0.4 is 9.62 Å². The van der Waals surface area contributed by atoms with E-state index < -0.39 is 10.0 Å². The Kier molecular flexibility index (Phi) is 8.04. The van der Waals surface area contributed by atoms with Gasteiger partial charge in [-0.15, -0.1) is 0 Å². The molecule has 0 radical (unpaired) electrons. The molecular weight excluding hydrogens is 476 g/mol. The predicted octanol–water partition coefficient (Wildman–Crippen LogP) is 3.67. The first kappa shape index (κ1) is 26.6. The molecule has 0 atom stereocenters. The first-order chi connectivity index (χ1) is 17.1. The summed E-state index contributed by atoms with van der Waals surface area (Å²) in [5.74, 6) is 1.55. The van der Waals surface area contributed by atoms with Gasteiger partial charge in [0.05, 0.1) is 28.2 Å². The second kappa shape index (κ2) is 10.9. The first-order valence-corrected chi connectivity index (χ1v) is 14.0. The van der Waals surface area contributed by atoms with Crippen LogP contribution in [-0.4, -0.2) is 56.5 Å². The van der Waals surface area contributed by atoms with Gasteiger partial charge in [0.1, 0.15) is 5.82 Å². The number of aliphatic hydroxyl groups excluding tert-OH is 1. The summed E-state index contributed by atoms with van der Waals surface area (Å²) in [5, 5.41) is 12.0. The number of sulfonamides is 1. The van der Waals surface area contributed by atoms with Crippen LogP contribution in [-0.2, 0) is 33.3 Å². The van der Waals surface area contributed by atoms with Crippen molar-refractivity contribution in [2.45, 2.75) is 57.0 Å².